The summed E-state index contributed by atoms with van der Waals surface area (Å²) in [4.78, 5) is 0. The molecule has 0 spiro atoms. The smallest absolute Gasteiger partial charge is 0.191 e. The normalized spacial score (nSPS) is 19.4. The average Bonchev–Trinajstić information content (AvgIpc) is 3.10. The van der Waals surface area contributed by atoms with Crippen LogP contribution in [0.2, 0.25) is 0 Å². The molecule has 3 rings (SSSR count). The van der Waals surface area contributed by atoms with Crippen molar-refractivity contribution in [1.29, 1.82) is 0 Å². The highest BCUT2D eigenvalue weighted by Gasteiger charge is 2.17. The molecular weight excluding hydrogens is 250 g/mol. The molecule has 1 aliphatic heterocycles. The summed E-state index contributed by atoms with van der Waals surface area (Å²) in [5.41, 5.74) is 0. The summed E-state index contributed by atoms with van der Waals surface area (Å²) in [5, 5.41) is 9.01. The van der Waals surface area contributed by atoms with E-state index in [-0.39, 0.29) is 0 Å². The second kappa shape index (κ2) is 5.58. The van der Waals surface area contributed by atoms with Crippen LogP contribution in [-0.4, -0.2) is 33.2 Å². The Morgan fingerprint density at radius 2 is 2.50 bits per heavy atom. The molecule has 0 N–H and O–H groups in total. The molecule has 2 aromatic heterocycles. The zero-order valence-electron chi connectivity index (χ0n) is 9.99. The third kappa shape index (κ3) is 2.76. The molecule has 0 bridgehead atoms. The minimum absolute atomic E-state index is 0.365. The van der Waals surface area contributed by atoms with Crippen LogP contribution >= 0.6 is 11.8 Å². The fourth-order valence-electron chi connectivity index (χ4n) is 1.98. The first-order chi connectivity index (χ1) is 8.92. The molecule has 96 valence electrons. The van der Waals surface area contributed by atoms with E-state index in [2.05, 4.69) is 10.2 Å². The Morgan fingerprint density at radius 1 is 1.50 bits per heavy atom. The summed E-state index contributed by atoms with van der Waals surface area (Å²) in [5.74, 6) is 1.85. The third-order valence-electron chi connectivity index (χ3n) is 2.91. The van der Waals surface area contributed by atoms with Gasteiger partial charge < -0.3 is 13.7 Å². The first kappa shape index (κ1) is 11.8. The van der Waals surface area contributed by atoms with E-state index in [9.17, 15) is 0 Å². The van der Waals surface area contributed by atoms with Crippen LogP contribution in [0.25, 0.3) is 0 Å². The van der Waals surface area contributed by atoms with Gasteiger partial charge in [-0.2, -0.15) is 0 Å². The molecule has 0 radical (unpaired) electrons. The van der Waals surface area contributed by atoms with Crippen LogP contribution < -0.4 is 0 Å². The predicted molar refractivity (Wildman–Crippen MR) is 67.5 cm³/mol. The van der Waals surface area contributed by atoms with Gasteiger partial charge in [0, 0.05) is 12.4 Å². The van der Waals surface area contributed by atoms with Crippen molar-refractivity contribution in [1.82, 2.24) is 14.8 Å². The Hall–Kier alpha value is -1.27. The molecule has 2 aromatic rings. The Kier molecular flexibility index (Phi) is 3.66. The number of nitrogens with zero attached hydrogens (tertiary/aromatic N) is 3. The van der Waals surface area contributed by atoms with Crippen LogP contribution in [-0.2, 0) is 11.3 Å². The molecule has 1 unspecified atom stereocenters. The summed E-state index contributed by atoms with van der Waals surface area (Å²) in [6.07, 6.45) is 6.10. The SMILES string of the molecule is c1coc(Cn2cnnc2SCC2CCCO2)c1. The number of hydrogen-bond acceptors (Lipinski definition) is 5. The third-order valence-corrected chi connectivity index (χ3v) is 4.02. The van der Waals surface area contributed by atoms with Gasteiger partial charge in [-0.25, -0.2) is 0 Å². The molecule has 0 amide bonds. The van der Waals surface area contributed by atoms with Crippen LogP contribution in [0, 0.1) is 0 Å². The maximum Gasteiger partial charge on any atom is 0.191 e. The lowest BCUT2D eigenvalue weighted by molar-refractivity contribution is 0.129. The quantitative estimate of drug-likeness (QED) is 0.776. The van der Waals surface area contributed by atoms with Crippen LogP contribution in [0.15, 0.2) is 34.3 Å². The van der Waals surface area contributed by atoms with Crippen molar-refractivity contribution >= 4 is 11.8 Å². The van der Waals surface area contributed by atoms with Crippen molar-refractivity contribution < 1.29 is 9.15 Å². The van der Waals surface area contributed by atoms with Crippen LogP contribution in [0.1, 0.15) is 18.6 Å². The van der Waals surface area contributed by atoms with Crippen LogP contribution in [0.3, 0.4) is 0 Å². The molecule has 0 aromatic carbocycles. The van der Waals surface area contributed by atoms with Crippen molar-refractivity contribution in [2.45, 2.75) is 30.6 Å². The number of ether oxygens (including phenoxy) is 1. The summed E-state index contributed by atoms with van der Waals surface area (Å²) in [7, 11) is 0. The van der Waals surface area contributed by atoms with Crippen molar-refractivity contribution in [3.63, 3.8) is 0 Å². The summed E-state index contributed by atoms with van der Waals surface area (Å²) in [6, 6.07) is 3.84. The van der Waals surface area contributed by atoms with E-state index >= 15 is 0 Å². The zero-order chi connectivity index (χ0) is 12.2. The first-order valence-corrected chi connectivity index (χ1v) is 7.05. The molecular formula is C12H15N3O2S. The van der Waals surface area contributed by atoms with Gasteiger partial charge in [-0.15, -0.1) is 10.2 Å². The lowest BCUT2D eigenvalue weighted by Crippen LogP contribution is -2.09. The van der Waals surface area contributed by atoms with Gasteiger partial charge in [0.05, 0.1) is 18.9 Å². The van der Waals surface area contributed by atoms with Gasteiger partial charge in [0.15, 0.2) is 5.16 Å². The van der Waals surface area contributed by atoms with Gasteiger partial charge in [-0.3, -0.25) is 0 Å². The van der Waals surface area contributed by atoms with Crippen molar-refractivity contribution in [2.24, 2.45) is 0 Å². The van der Waals surface area contributed by atoms with Gasteiger partial charge in [-0.05, 0) is 25.0 Å². The molecule has 18 heavy (non-hydrogen) atoms. The lowest BCUT2D eigenvalue weighted by Gasteiger charge is -2.08. The fraction of sp³-hybridized carbons (Fsp3) is 0.500. The second-order valence-corrected chi connectivity index (χ2v) is 5.25. The van der Waals surface area contributed by atoms with E-state index in [1.165, 1.54) is 6.42 Å². The van der Waals surface area contributed by atoms with Gasteiger partial charge in [-0.1, -0.05) is 11.8 Å². The number of rotatable bonds is 5. The highest BCUT2D eigenvalue weighted by atomic mass is 32.2. The number of hydrogen-bond donors (Lipinski definition) is 0. The van der Waals surface area contributed by atoms with Gasteiger partial charge >= 0.3 is 0 Å². The standard InChI is InChI=1S/C12H15N3O2S/c1-3-10(16-5-1)7-15-9-13-14-12(15)18-8-11-4-2-6-17-11/h1,3,5,9,11H,2,4,6-8H2. The summed E-state index contributed by atoms with van der Waals surface area (Å²) in [6.45, 7) is 1.57. The molecule has 3 heterocycles. The largest absolute Gasteiger partial charge is 0.467 e. The monoisotopic (exact) mass is 265 g/mol. The average molecular weight is 265 g/mol. The molecule has 0 aliphatic carbocycles. The molecule has 1 atom stereocenters. The number of thioether (sulfide) groups is 1. The van der Waals surface area contributed by atoms with E-state index in [0.717, 1.165) is 29.7 Å². The Bertz CT molecular complexity index is 477. The van der Waals surface area contributed by atoms with E-state index in [1.54, 1.807) is 24.4 Å². The van der Waals surface area contributed by atoms with Crippen molar-refractivity contribution in [2.75, 3.05) is 12.4 Å². The summed E-state index contributed by atoms with van der Waals surface area (Å²) < 4.78 is 12.9. The molecule has 1 aliphatic rings. The minimum atomic E-state index is 0.365. The van der Waals surface area contributed by atoms with E-state index in [1.807, 2.05) is 16.7 Å². The Morgan fingerprint density at radius 3 is 3.28 bits per heavy atom. The van der Waals surface area contributed by atoms with Crippen molar-refractivity contribution in [3.8, 4) is 0 Å². The minimum Gasteiger partial charge on any atom is -0.467 e. The van der Waals surface area contributed by atoms with Gasteiger partial charge in [0.2, 0.25) is 0 Å². The van der Waals surface area contributed by atoms with E-state index in [4.69, 9.17) is 9.15 Å². The van der Waals surface area contributed by atoms with Crippen LogP contribution in [0.5, 0.6) is 0 Å². The molecule has 5 nitrogen and oxygen atoms in total. The summed E-state index contributed by atoms with van der Waals surface area (Å²) >= 11 is 1.70. The highest BCUT2D eigenvalue weighted by molar-refractivity contribution is 7.99. The first-order valence-electron chi connectivity index (χ1n) is 6.06. The Balaban J connectivity index is 1.60. The molecule has 0 saturated carbocycles. The number of aromatic nitrogens is 3. The molecule has 6 heteroatoms. The predicted octanol–water partition coefficient (Wildman–Crippen LogP) is 2.19. The van der Waals surface area contributed by atoms with E-state index in [0.29, 0.717) is 12.6 Å². The molecule has 1 saturated heterocycles. The van der Waals surface area contributed by atoms with E-state index < -0.39 is 0 Å². The van der Waals surface area contributed by atoms with Gasteiger partial charge in [0.1, 0.15) is 12.1 Å². The maximum atomic E-state index is 5.60. The maximum absolute atomic E-state index is 5.60. The molecule has 1 fully saturated rings. The topological polar surface area (TPSA) is 53.1 Å². The second-order valence-electron chi connectivity index (χ2n) is 4.27. The van der Waals surface area contributed by atoms with Crippen molar-refractivity contribution in [3.05, 3.63) is 30.5 Å². The fourth-order valence-corrected chi connectivity index (χ4v) is 2.96. The van der Waals surface area contributed by atoms with Gasteiger partial charge in [0.25, 0.3) is 0 Å². The zero-order valence-corrected chi connectivity index (χ0v) is 10.8. The van der Waals surface area contributed by atoms with Crippen LogP contribution in [0.4, 0.5) is 0 Å². The Labute approximate surface area is 110 Å². The highest BCUT2D eigenvalue weighted by Crippen LogP contribution is 2.22. The lowest BCUT2D eigenvalue weighted by atomic mass is 10.3. The number of furan rings is 1.